The fraction of sp³-hybridized carbons (Fsp3) is 0.889. The van der Waals surface area contributed by atoms with Gasteiger partial charge in [0.1, 0.15) is 0 Å². The average molecular weight is 200 g/mol. The summed E-state index contributed by atoms with van der Waals surface area (Å²) < 4.78 is 0. The van der Waals surface area contributed by atoms with Gasteiger partial charge in [0.2, 0.25) is 0 Å². The molecule has 2 aliphatic rings. The van der Waals surface area contributed by atoms with E-state index in [0.717, 1.165) is 19.3 Å². The van der Waals surface area contributed by atoms with Crippen LogP contribution in [0, 0.1) is 5.92 Å². The summed E-state index contributed by atoms with van der Waals surface area (Å²) in [4.78, 5) is 12.4. The molecule has 80 valence electrons. The minimum Gasteiger partial charge on any atom is -0.465 e. The van der Waals surface area contributed by atoms with Crippen LogP contribution in [0.3, 0.4) is 0 Å². The molecule has 1 heterocycles. The summed E-state index contributed by atoms with van der Waals surface area (Å²) in [6, 6.07) is -0.550. The highest BCUT2D eigenvalue weighted by atomic mass is 16.4. The van der Waals surface area contributed by atoms with Gasteiger partial charge < -0.3 is 15.9 Å². The number of rotatable bonds is 1. The highest BCUT2D eigenvalue weighted by Crippen LogP contribution is 2.40. The van der Waals surface area contributed by atoms with Crippen LogP contribution in [0.5, 0.6) is 0 Å². The predicted octanol–water partition coefficient (Wildman–Crippen LogP) is -0.163. The second-order valence-corrected chi connectivity index (χ2v) is 4.18. The number of nitrogens with zero attached hydrogens (tertiary/aromatic N) is 1. The SMILES string of the molecule is N[C@H]1[C@H]2CCC[C@H]2N(C(=O)O)[C@H]1CO. The van der Waals surface area contributed by atoms with E-state index in [2.05, 4.69) is 0 Å². The summed E-state index contributed by atoms with van der Waals surface area (Å²) in [5.41, 5.74) is 5.94. The Kier molecular flexibility index (Phi) is 2.36. The Morgan fingerprint density at radius 3 is 2.79 bits per heavy atom. The van der Waals surface area contributed by atoms with Gasteiger partial charge in [0.25, 0.3) is 0 Å². The van der Waals surface area contributed by atoms with Crippen molar-refractivity contribution in [1.82, 2.24) is 4.90 Å². The van der Waals surface area contributed by atoms with Gasteiger partial charge in [0.05, 0.1) is 12.6 Å². The van der Waals surface area contributed by atoms with Crippen molar-refractivity contribution in [2.24, 2.45) is 11.7 Å². The molecule has 1 saturated carbocycles. The average Bonchev–Trinajstić information content (AvgIpc) is 2.67. The highest BCUT2D eigenvalue weighted by Gasteiger charge is 2.50. The lowest BCUT2D eigenvalue weighted by atomic mass is 9.97. The first-order valence-electron chi connectivity index (χ1n) is 5.04. The van der Waals surface area contributed by atoms with Crippen molar-refractivity contribution in [2.45, 2.75) is 37.4 Å². The van der Waals surface area contributed by atoms with Gasteiger partial charge in [-0.25, -0.2) is 4.79 Å². The number of fused-ring (bicyclic) bond motifs is 1. The molecule has 0 spiro atoms. The van der Waals surface area contributed by atoms with Gasteiger partial charge in [-0.15, -0.1) is 0 Å². The number of aliphatic hydroxyl groups is 1. The quantitative estimate of drug-likeness (QED) is 0.548. The first kappa shape index (κ1) is 9.73. The van der Waals surface area contributed by atoms with Crippen molar-refractivity contribution < 1.29 is 15.0 Å². The number of hydrogen-bond acceptors (Lipinski definition) is 3. The summed E-state index contributed by atoms with van der Waals surface area (Å²) in [6.07, 6.45) is 1.98. The number of carboxylic acid groups (broad SMARTS) is 1. The normalized spacial score (nSPS) is 41.4. The fourth-order valence-corrected chi connectivity index (χ4v) is 2.97. The van der Waals surface area contributed by atoms with Crippen molar-refractivity contribution in [3.05, 3.63) is 0 Å². The van der Waals surface area contributed by atoms with Crippen molar-refractivity contribution in [3.8, 4) is 0 Å². The van der Waals surface area contributed by atoms with E-state index in [0.29, 0.717) is 0 Å². The lowest BCUT2D eigenvalue weighted by Gasteiger charge is -2.26. The monoisotopic (exact) mass is 200 g/mol. The van der Waals surface area contributed by atoms with Crippen molar-refractivity contribution in [2.75, 3.05) is 6.61 Å². The zero-order chi connectivity index (χ0) is 10.3. The Labute approximate surface area is 82.5 Å². The number of amides is 1. The Hall–Kier alpha value is -0.810. The van der Waals surface area contributed by atoms with Crippen LogP contribution in [0.25, 0.3) is 0 Å². The maximum atomic E-state index is 11.0. The largest absolute Gasteiger partial charge is 0.465 e. The number of likely N-dealkylation sites (tertiary alicyclic amines) is 1. The van der Waals surface area contributed by atoms with Crippen LogP contribution in [-0.2, 0) is 0 Å². The molecule has 2 rings (SSSR count). The Morgan fingerprint density at radius 1 is 1.50 bits per heavy atom. The fourth-order valence-electron chi connectivity index (χ4n) is 2.97. The molecular formula is C9H16N2O3. The van der Waals surface area contributed by atoms with Crippen LogP contribution in [0.15, 0.2) is 0 Å². The molecule has 1 saturated heterocycles. The van der Waals surface area contributed by atoms with Crippen LogP contribution in [0.1, 0.15) is 19.3 Å². The molecule has 1 aliphatic heterocycles. The first-order chi connectivity index (χ1) is 6.66. The van der Waals surface area contributed by atoms with Gasteiger partial charge in [0, 0.05) is 12.1 Å². The first-order valence-corrected chi connectivity index (χ1v) is 5.04. The smallest absolute Gasteiger partial charge is 0.407 e. The van der Waals surface area contributed by atoms with Gasteiger partial charge in [-0.1, -0.05) is 6.42 Å². The highest BCUT2D eigenvalue weighted by molar-refractivity contribution is 5.67. The van der Waals surface area contributed by atoms with Crippen LogP contribution < -0.4 is 5.73 Å². The van der Waals surface area contributed by atoms with E-state index in [1.165, 1.54) is 4.90 Å². The topological polar surface area (TPSA) is 86.8 Å². The van der Waals surface area contributed by atoms with Crippen LogP contribution in [-0.4, -0.2) is 45.9 Å². The third kappa shape index (κ3) is 1.19. The predicted molar refractivity (Wildman–Crippen MR) is 49.8 cm³/mol. The third-order valence-corrected chi connectivity index (χ3v) is 3.59. The molecular weight excluding hydrogens is 184 g/mol. The molecule has 0 aromatic heterocycles. The van der Waals surface area contributed by atoms with Crippen LogP contribution in [0.2, 0.25) is 0 Å². The van der Waals surface area contributed by atoms with Crippen LogP contribution in [0.4, 0.5) is 4.79 Å². The lowest BCUT2D eigenvalue weighted by Crippen LogP contribution is -2.46. The van der Waals surface area contributed by atoms with E-state index in [-0.39, 0.29) is 24.6 Å². The molecule has 0 aromatic rings. The number of nitrogens with two attached hydrogens (primary N) is 1. The van der Waals surface area contributed by atoms with E-state index < -0.39 is 12.1 Å². The van der Waals surface area contributed by atoms with E-state index in [9.17, 15) is 4.79 Å². The Bertz CT molecular complexity index is 244. The lowest BCUT2D eigenvalue weighted by molar-refractivity contribution is 0.0962. The molecule has 5 heteroatoms. The second-order valence-electron chi connectivity index (χ2n) is 4.18. The summed E-state index contributed by atoms with van der Waals surface area (Å²) in [6.45, 7) is -0.166. The summed E-state index contributed by atoms with van der Waals surface area (Å²) in [5.74, 6) is 0.253. The molecule has 2 fully saturated rings. The molecule has 14 heavy (non-hydrogen) atoms. The van der Waals surface area contributed by atoms with Crippen molar-refractivity contribution in [1.29, 1.82) is 0 Å². The number of hydrogen-bond donors (Lipinski definition) is 3. The third-order valence-electron chi connectivity index (χ3n) is 3.59. The Morgan fingerprint density at radius 2 is 2.21 bits per heavy atom. The molecule has 0 unspecified atom stereocenters. The standard InChI is InChI=1S/C9H16N2O3/c10-8-5-2-1-3-6(5)11(9(13)14)7(8)4-12/h5-8,12H,1-4,10H2,(H,13,14)/t5-,6+,7-,8-/m0/s1. The number of aliphatic hydroxyl groups excluding tert-OH is 1. The molecule has 5 nitrogen and oxygen atoms in total. The summed E-state index contributed by atoms with van der Waals surface area (Å²) >= 11 is 0. The van der Waals surface area contributed by atoms with Gasteiger partial charge in [-0.05, 0) is 18.8 Å². The van der Waals surface area contributed by atoms with Crippen molar-refractivity contribution >= 4 is 6.09 Å². The molecule has 1 amide bonds. The van der Waals surface area contributed by atoms with E-state index >= 15 is 0 Å². The summed E-state index contributed by atoms with van der Waals surface area (Å²) in [5, 5.41) is 18.2. The molecule has 0 bridgehead atoms. The van der Waals surface area contributed by atoms with Gasteiger partial charge in [-0.2, -0.15) is 0 Å². The van der Waals surface area contributed by atoms with E-state index in [1.54, 1.807) is 0 Å². The van der Waals surface area contributed by atoms with Crippen LogP contribution >= 0.6 is 0 Å². The minimum absolute atomic E-state index is 0.0413. The van der Waals surface area contributed by atoms with Gasteiger partial charge in [-0.3, -0.25) is 4.90 Å². The van der Waals surface area contributed by atoms with E-state index in [4.69, 9.17) is 15.9 Å². The molecule has 0 aromatic carbocycles. The molecule has 0 radical (unpaired) electrons. The molecule has 4 N–H and O–H groups in total. The van der Waals surface area contributed by atoms with Gasteiger partial charge >= 0.3 is 6.09 Å². The number of carbonyl (C=O) groups is 1. The second kappa shape index (κ2) is 3.40. The molecule has 4 atom stereocenters. The van der Waals surface area contributed by atoms with Crippen molar-refractivity contribution in [3.63, 3.8) is 0 Å². The zero-order valence-corrected chi connectivity index (χ0v) is 7.97. The van der Waals surface area contributed by atoms with E-state index in [1.807, 2.05) is 0 Å². The molecule has 1 aliphatic carbocycles. The maximum Gasteiger partial charge on any atom is 0.407 e. The maximum absolute atomic E-state index is 11.0. The Balaban J connectivity index is 2.23. The zero-order valence-electron chi connectivity index (χ0n) is 7.97. The summed E-state index contributed by atoms with van der Waals surface area (Å²) in [7, 11) is 0. The minimum atomic E-state index is -0.950. The van der Waals surface area contributed by atoms with Gasteiger partial charge in [0.15, 0.2) is 0 Å².